The van der Waals surface area contributed by atoms with Gasteiger partial charge in [0.2, 0.25) is 0 Å². The molecule has 0 aromatic carbocycles. The Kier molecular flexibility index (Phi) is 4.55. The molecule has 0 radical (unpaired) electrons. The molecule has 2 heterocycles. The summed E-state index contributed by atoms with van der Waals surface area (Å²) in [5, 5.41) is 0. The minimum Gasteiger partial charge on any atom is -0.377 e. The van der Waals surface area contributed by atoms with Gasteiger partial charge in [0.1, 0.15) is 5.82 Å². The van der Waals surface area contributed by atoms with Crippen LogP contribution in [0.1, 0.15) is 25.8 Å². The lowest BCUT2D eigenvalue weighted by molar-refractivity contribution is 0.0924. The highest BCUT2D eigenvalue weighted by Gasteiger charge is 2.24. The summed E-state index contributed by atoms with van der Waals surface area (Å²) >= 11 is 0. The number of hydrogen-bond acceptors (Lipinski definition) is 4. The van der Waals surface area contributed by atoms with E-state index in [-0.39, 0.29) is 6.04 Å². The molecule has 0 bridgehead atoms. The second kappa shape index (κ2) is 6.16. The van der Waals surface area contributed by atoms with Crippen molar-refractivity contribution in [2.24, 2.45) is 5.73 Å². The zero-order chi connectivity index (χ0) is 13.0. The Morgan fingerprint density at radius 3 is 3.17 bits per heavy atom. The van der Waals surface area contributed by atoms with Gasteiger partial charge in [0.15, 0.2) is 0 Å². The maximum absolute atomic E-state index is 5.92. The summed E-state index contributed by atoms with van der Waals surface area (Å²) in [6.45, 7) is 6.73. The van der Waals surface area contributed by atoms with E-state index in [4.69, 9.17) is 10.5 Å². The number of morpholine rings is 1. The van der Waals surface area contributed by atoms with E-state index >= 15 is 0 Å². The SMILES string of the molecule is CCC1COCCN1c1ncccc1CC(C)N. The molecule has 1 aromatic rings. The van der Waals surface area contributed by atoms with Gasteiger partial charge in [-0.3, -0.25) is 0 Å². The van der Waals surface area contributed by atoms with Crippen molar-refractivity contribution in [2.75, 3.05) is 24.7 Å². The number of anilines is 1. The minimum absolute atomic E-state index is 0.161. The first kappa shape index (κ1) is 13.3. The third-order valence-corrected chi connectivity index (χ3v) is 3.38. The monoisotopic (exact) mass is 249 g/mol. The molecule has 100 valence electrons. The molecule has 4 heteroatoms. The normalized spacial score (nSPS) is 21.9. The molecule has 0 aliphatic carbocycles. The highest BCUT2D eigenvalue weighted by atomic mass is 16.5. The van der Waals surface area contributed by atoms with Crippen molar-refractivity contribution in [1.82, 2.24) is 4.98 Å². The van der Waals surface area contributed by atoms with Crippen LogP contribution in [0.4, 0.5) is 5.82 Å². The highest BCUT2D eigenvalue weighted by molar-refractivity contribution is 5.48. The third kappa shape index (κ3) is 3.00. The molecule has 2 N–H and O–H groups in total. The van der Waals surface area contributed by atoms with E-state index in [0.29, 0.717) is 6.04 Å². The Balaban J connectivity index is 2.24. The summed E-state index contributed by atoms with van der Waals surface area (Å²) in [4.78, 5) is 6.94. The average Bonchev–Trinajstić information content (AvgIpc) is 2.39. The van der Waals surface area contributed by atoms with Crippen LogP contribution < -0.4 is 10.6 Å². The van der Waals surface area contributed by atoms with Gasteiger partial charge < -0.3 is 15.4 Å². The molecule has 0 spiro atoms. The largest absolute Gasteiger partial charge is 0.377 e. The fourth-order valence-electron chi connectivity index (χ4n) is 2.47. The summed E-state index contributed by atoms with van der Waals surface area (Å²) in [6, 6.07) is 4.71. The van der Waals surface area contributed by atoms with Gasteiger partial charge >= 0.3 is 0 Å². The van der Waals surface area contributed by atoms with E-state index in [9.17, 15) is 0 Å². The molecule has 0 saturated carbocycles. The van der Waals surface area contributed by atoms with Crippen LogP contribution in [0, 0.1) is 0 Å². The van der Waals surface area contributed by atoms with E-state index in [0.717, 1.165) is 38.4 Å². The lowest BCUT2D eigenvalue weighted by Gasteiger charge is -2.37. The molecule has 1 aliphatic heterocycles. The van der Waals surface area contributed by atoms with Crippen LogP contribution in [-0.4, -0.2) is 36.8 Å². The molecule has 2 rings (SSSR count). The van der Waals surface area contributed by atoms with Gasteiger partial charge in [-0.1, -0.05) is 13.0 Å². The van der Waals surface area contributed by atoms with Crippen molar-refractivity contribution in [2.45, 2.75) is 38.8 Å². The fraction of sp³-hybridized carbons (Fsp3) is 0.643. The van der Waals surface area contributed by atoms with Crippen molar-refractivity contribution >= 4 is 5.82 Å². The lowest BCUT2D eigenvalue weighted by Crippen LogP contribution is -2.46. The van der Waals surface area contributed by atoms with Crippen molar-refractivity contribution in [3.63, 3.8) is 0 Å². The number of nitrogens with two attached hydrogens (primary N) is 1. The van der Waals surface area contributed by atoms with Crippen LogP contribution in [0.15, 0.2) is 18.3 Å². The summed E-state index contributed by atoms with van der Waals surface area (Å²) in [7, 11) is 0. The predicted octanol–water partition coefficient (Wildman–Crippen LogP) is 1.59. The number of rotatable bonds is 4. The first-order chi connectivity index (χ1) is 8.72. The zero-order valence-electron chi connectivity index (χ0n) is 11.3. The van der Waals surface area contributed by atoms with Gasteiger partial charge in [-0.15, -0.1) is 0 Å². The second-order valence-electron chi connectivity index (χ2n) is 5.00. The molecule has 2 unspecified atom stereocenters. The van der Waals surface area contributed by atoms with Gasteiger partial charge in [-0.25, -0.2) is 4.98 Å². The van der Waals surface area contributed by atoms with Crippen molar-refractivity contribution in [1.29, 1.82) is 0 Å². The molecule has 1 aromatic heterocycles. The van der Waals surface area contributed by atoms with Gasteiger partial charge in [0.05, 0.1) is 19.3 Å². The van der Waals surface area contributed by atoms with Crippen LogP contribution >= 0.6 is 0 Å². The lowest BCUT2D eigenvalue weighted by atomic mass is 10.1. The fourth-order valence-corrected chi connectivity index (χ4v) is 2.47. The smallest absolute Gasteiger partial charge is 0.132 e. The van der Waals surface area contributed by atoms with Crippen LogP contribution in [0.5, 0.6) is 0 Å². The summed E-state index contributed by atoms with van der Waals surface area (Å²) < 4.78 is 5.55. The number of nitrogens with zero attached hydrogens (tertiary/aromatic N) is 2. The quantitative estimate of drug-likeness (QED) is 0.880. The van der Waals surface area contributed by atoms with Crippen LogP contribution in [0.25, 0.3) is 0 Å². The molecule has 2 atom stereocenters. The number of pyridine rings is 1. The topological polar surface area (TPSA) is 51.4 Å². The Labute approximate surface area is 109 Å². The standard InChI is InChI=1S/C14H23N3O/c1-3-13-10-18-8-7-17(13)14-12(9-11(2)15)5-4-6-16-14/h4-6,11,13H,3,7-10,15H2,1-2H3. The Hall–Kier alpha value is -1.13. The molecule has 18 heavy (non-hydrogen) atoms. The summed E-state index contributed by atoms with van der Waals surface area (Å²) in [5.41, 5.74) is 7.16. The maximum atomic E-state index is 5.92. The van der Waals surface area contributed by atoms with E-state index in [1.165, 1.54) is 5.56 Å². The molecular formula is C14H23N3O. The van der Waals surface area contributed by atoms with Crippen molar-refractivity contribution in [3.05, 3.63) is 23.9 Å². The Morgan fingerprint density at radius 1 is 1.61 bits per heavy atom. The molecule has 1 fully saturated rings. The van der Waals surface area contributed by atoms with Crippen LogP contribution in [0.2, 0.25) is 0 Å². The molecule has 1 saturated heterocycles. The van der Waals surface area contributed by atoms with Gasteiger partial charge in [0.25, 0.3) is 0 Å². The zero-order valence-corrected chi connectivity index (χ0v) is 11.3. The van der Waals surface area contributed by atoms with Crippen molar-refractivity contribution < 1.29 is 4.74 Å². The van der Waals surface area contributed by atoms with E-state index in [1.54, 1.807) is 0 Å². The predicted molar refractivity (Wildman–Crippen MR) is 73.8 cm³/mol. The number of aromatic nitrogens is 1. The minimum atomic E-state index is 0.161. The highest BCUT2D eigenvalue weighted by Crippen LogP contribution is 2.23. The first-order valence-corrected chi connectivity index (χ1v) is 6.76. The third-order valence-electron chi connectivity index (χ3n) is 3.38. The number of ether oxygens (including phenoxy) is 1. The molecule has 1 aliphatic rings. The molecule has 4 nitrogen and oxygen atoms in total. The van der Waals surface area contributed by atoms with Crippen LogP contribution in [-0.2, 0) is 11.2 Å². The second-order valence-corrected chi connectivity index (χ2v) is 5.00. The van der Waals surface area contributed by atoms with E-state index in [1.807, 2.05) is 19.2 Å². The number of hydrogen-bond donors (Lipinski definition) is 1. The van der Waals surface area contributed by atoms with Crippen LogP contribution in [0.3, 0.4) is 0 Å². The van der Waals surface area contributed by atoms with E-state index < -0.39 is 0 Å². The molecular weight excluding hydrogens is 226 g/mol. The van der Waals surface area contributed by atoms with E-state index in [2.05, 4.69) is 22.9 Å². The van der Waals surface area contributed by atoms with Gasteiger partial charge in [-0.2, -0.15) is 0 Å². The summed E-state index contributed by atoms with van der Waals surface area (Å²) in [6.07, 6.45) is 3.81. The Bertz CT molecular complexity index is 381. The summed E-state index contributed by atoms with van der Waals surface area (Å²) in [5.74, 6) is 1.09. The Morgan fingerprint density at radius 2 is 2.44 bits per heavy atom. The average molecular weight is 249 g/mol. The van der Waals surface area contributed by atoms with Gasteiger partial charge in [-0.05, 0) is 31.4 Å². The first-order valence-electron chi connectivity index (χ1n) is 6.76. The molecule has 0 amide bonds. The van der Waals surface area contributed by atoms with Crippen molar-refractivity contribution in [3.8, 4) is 0 Å². The van der Waals surface area contributed by atoms with Gasteiger partial charge in [0, 0.05) is 18.8 Å². The maximum Gasteiger partial charge on any atom is 0.132 e.